The molecular weight excluding hydrogens is 312 g/mol. The Bertz CT molecular complexity index is 546. The van der Waals surface area contributed by atoms with Crippen molar-refractivity contribution >= 4 is 27.5 Å². The van der Waals surface area contributed by atoms with E-state index >= 15 is 0 Å². The molecule has 9 heteroatoms. The number of rotatable bonds is 7. The highest BCUT2D eigenvalue weighted by Gasteiger charge is 2.21. The summed E-state index contributed by atoms with van der Waals surface area (Å²) in [4.78, 5) is 0. The zero-order chi connectivity index (χ0) is 15.3. The zero-order valence-electron chi connectivity index (χ0n) is 11.1. The summed E-state index contributed by atoms with van der Waals surface area (Å²) in [6.45, 7) is 0.891. The van der Waals surface area contributed by atoms with Crippen LogP contribution in [0.4, 0.5) is 14.5 Å². The molecule has 0 aliphatic rings. The average molecular weight is 328 g/mol. The molecule has 0 radical (unpaired) electrons. The van der Waals surface area contributed by atoms with Gasteiger partial charge in [0.05, 0.1) is 5.02 Å². The fourth-order valence-electron chi connectivity index (χ4n) is 1.45. The van der Waals surface area contributed by atoms with Gasteiger partial charge in [0.1, 0.15) is 11.5 Å². The molecule has 0 unspecified atom stereocenters. The second kappa shape index (κ2) is 7.16. The van der Waals surface area contributed by atoms with Gasteiger partial charge in [-0.2, -0.15) is 12.7 Å². The molecule has 0 fully saturated rings. The predicted octanol–water partition coefficient (Wildman–Crippen LogP) is 1.82. The standard InChI is InChI=1S/C11H16ClF2N3O2S/c1-15-4-3-5-17(2)20(18,19)16-11-9(12)6-8(13)7-10(11)14/h6-7,15-16H,3-5H2,1-2H3. The van der Waals surface area contributed by atoms with E-state index in [2.05, 4.69) is 5.32 Å². The van der Waals surface area contributed by atoms with Crippen molar-refractivity contribution in [2.45, 2.75) is 6.42 Å². The van der Waals surface area contributed by atoms with Crippen LogP contribution in [0.2, 0.25) is 5.02 Å². The Morgan fingerprint density at radius 3 is 2.55 bits per heavy atom. The van der Waals surface area contributed by atoms with Crippen molar-refractivity contribution in [1.29, 1.82) is 0 Å². The average Bonchev–Trinajstić information content (AvgIpc) is 2.34. The zero-order valence-corrected chi connectivity index (χ0v) is 12.7. The molecular formula is C11H16ClF2N3O2S. The topological polar surface area (TPSA) is 61.4 Å². The Kier molecular flexibility index (Phi) is 6.12. The van der Waals surface area contributed by atoms with Crippen molar-refractivity contribution in [3.05, 3.63) is 28.8 Å². The van der Waals surface area contributed by atoms with E-state index in [1.165, 1.54) is 7.05 Å². The monoisotopic (exact) mass is 327 g/mol. The highest BCUT2D eigenvalue weighted by molar-refractivity contribution is 7.90. The first-order valence-corrected chi connectivity index (χ1v) is 7.63. The van der Waals surface area contributed by atoms with Crippen LogP contribution in [-0.2, 0) is 10.2 Å². The molecule has 1 aromatic rings. The van der Waals surface area contributed by atoms with Gasteiger partial charge < -0.3 is 5.32 Å². The third-order valence-electron chi connectivity index (χ3n) is 2.55. The van der Waals surface area contributed by atoms with Gasteiger partial charge in [-0.05, 0) is 26.1 Å². The van der Waals surface area contributed by atoms with Crippen molar-refractivity contribution in [3.63, 3.8) is 0 Å². The number of hydrogen-bond donors (Lipinski definition) is 2. The van der Waals surface area contributed by atoms with Gasteiger partial charge in [0, 0.05) is 19.7 Å². The van der Waals surface area contributed by atoms with Crippen LogP contribution in [0.15, 0.2) is 12.1 Å². The van der Waals surface area contributed by atoms with Crippen LogP contribution >= 0.6 is 11.6 Å². The van der Waals surface area contributed by atoms with E-state index in [-0.39, 0.29) is 11.6 Å². The van der Waals surface area contributed by atoms with E-state index in [4.69, 9.17) is 11.6 Å². The van der Waals surface area contributed by atoms with Crippen LogP contribution in [0.1, 0.15) is 6.42 Å². The number of nitrogens with one attached hydrogen (secondary N) is 2. The van der Waals surface area contributed by atoms with Gasteiger partial charge in [0.2, 0.25) is 0 Å². The molecule has 0 aromatic heterocycles. The maximum Gasteiger partial charge on any atom is 0.301 e. The van der Waals surface area contributed by atoms with Crippen LogP contribution in [0.5, 0.6) is 0 Å². The molecule has 114 valence electrons. The van der Waals surface area contributed by atoms with Gasteiger partial charge in [-0.3, -0.25) is 4.72 Å². The first-order valence-electron chi connectivity index (χ1n) is 5.81. The molecule has 0 heterocycles. The molecule has 0 spiro atoms. The first kappa shape index (κ1) is 17.1. The Labute approximate surface area is 122 Å². The van der Waals surface area contributed by atoms with Crippen molar-refractivity contribution in [1.82, 2.24) is 9.62 Å². The van der Waals surface area contributed by atoms with E-state index in [0.717, 1.165) is 10.4 Å². The molecule has 2 N–H and O–H groups in total. The summed E-state index contributed by atoms with van der Waals surface area (Å²) in [6, 6.07) is 1.40. The molecule has 0 saturated heterocycles. The summed E-state index contributed by atoms with van der Waals surface area (Å²) in [5.41, 5.74) is -0.464. The summed E-state index contributed by atoms with van der Waals surface area (Å²) in [7, 11) is -0.838. The number of benzene rings is 1. The highest BCUT2D eigenvalue weighted by Crippen LogP contribution is 2.27. The molecule has 0 aliphatic carbocycles. The van der Waals surface area contributed by atoms with Crippen LogP contribution in [0.3, 0.4) is 0 Å². The fourth-order valence-corrected chi connectivity index (χ4v) is 2.73. The number of hydrogen-bond acceptors (Lipinski definition) is 3. The van der Waals surface area contributed by atoms with E-state index in [9.17, 15) is 17.2 Å². The Morgan fingerprint density at radius 1 is 1.35 bits per heavy atom. The lowest BCUT2D eigenvalue weighted by molar-refractivity contribution is 0.462. The summed E-state index contributed by atoms with van der Waals surface area (Å²) in [6.07, 6.45) is 0.591. The lowest BCUT2D eigenvalue weighted by atomic mass is 10.3. The number of anilines is 1. The molecule has 0 saturated carbocycles. The maximum atomic E-state index is 13.5. The summed E-state index contributed by atoms with van der Waals surface area (Å²) < 4.78 is 53.4. The van der Waals surface area contributed by atoms with E-state index in [1.807, 2.05) is 4.72 Å². The quantitative estimate of drug-likeness (QED) is 0.751. The smallest absolute Gasteiger partial charge is 0.301 e. The molecule has 5 nitrogen and oxygen atoms in total. The lowest BCUT2D eigenvalue weighted by Crippen LogP contribution is -2.34. The minimum absolute atomic E-state index is 0.247. The van der Waals surface area contributed by atoms with Crippen molar-refractivity contribution in [2.75, 3.05) is 31.9 Å². The van der Waals surface area contributed by atoms with Crippen molar-refractivity contribution in [3.8, 4) is 0 Å². The van der Waals surface area contributed by atoms with E-state index < -0.39 is 27.5 Å². The number of halogens is 3. The summed E-state index contributed by atoms with van der Waals surface area (Å²) >= 11 is 5.64. The van der Waals surface area contributed by atoms with Crippen LogP contribution in [-0.4, -0.2) is 39.9 Å². The van der Waals surface area contributed by atoms with E-state index in [1.54, 1.807) is 7.05 Å². The van der Waals surface area contributed by atoms with Crippen molar-refractivity contribution in [2.24, 2.45) is 0 Å². The molecule has 20 heavy (non-hydrogen) atoms. The lowest BCUT2D eigenvalue weighted by Gasteiger charge is -2.19. The minimum atomic E-state index is -3.94. The van der Waals surface area contributed by atoms with Crippen molar-refractivity contribution < 1.29 is 17.2 Å². The molecule has 0 bridgehead atoms. The molecule has 0 amide bonds. The molecule has 1 rings (SSSR count). The van der Waals surface area contributed by atoms with E-state index in [0.29, 0.717) is 19.0 Å². The Hall–Kier alpha value is -0.960. The van der Waals surface area contributed by atoms with Crippen LogP contribution < -0.4 is 10.0 Å². The second-order valence-electron chi connectivity index (χ2n) is 4.13. The number of nitrogens with zero attached hydrogens (tertiary/aromatic N) is 1. The van der Waals surface area contributed by atoms with Crippen LogP contribution in [0.25, 0.3) is 0 Å². The second-order valence-corrected chi connectivity index (χ2v) is 6.31. The molecule has 0 atom stereocenters. The summed E-state index contributed by atoms with van der Waals surface area (Å²) in [5, 5.41) is 2.55. The van der Waals surface area contributed by atoms with Crippen LogP contribution in [0, 0.1) is 11.6 Å². The SMILES string of the molecule is CNCCCN(C)S(=O)(=O)Nc1c(F)cc(F)cc1Cl. The largest absolute Gasteiger partial charge is 0.320 e. The highest BCUT2D eigenvalue weighted by atomic mass is 35.5. The first-order chi connectivity index (χ1) is 9.27. The fraction of sp³-hybridized carbons (Fsp3) is 0.455. The third kappa shape index (κ3) is 4.55. The third-order valence-corrected chi connectivity index (χ3v) is 4.31. The molecule has 1 aromatic carbocycles. The van der Waals surface area contributed by atoms with Gasteiger partial charge in [0.15, 0.2) is 5.82 Å². The van der Waals surface area contributed by atoms with Gasteiger partial charge in [-0.15, -0.1) is 0 Å². The summed E-state index contributed by atoms with van der Waals surface area (Å²) in [5.74, 6) is -1.94. The Balaban J connectivity index is 2.86. The minimum Gasteiger partial charge on any atom is -0.320 e. The van der Waals surface area contributed by atoms with Gasteiger partial charge in [-0.1, -0.05) is 11.6 Å². The maximum absolute atomic E-state index is 13.5. The Morgan fingerprint density at radius 2 is 2.00 bits per heavy atom. The van der Waals surface area contributed by atoms with Gasteiger partial charge >= 0.3 is 10.2 Å². The molecule has 0 aliphatic heterocycles. The predicted molar refractivity (Wildman–Crippen MR) is 75.1 cm³/mol. The van der Waals surface area contributed by atoms with Gasteiger partial charge in [-0.25, -0.2) is 8.78 Å². The van der Waals surface area contributed by atoms with Gasteiger partial charge in [0.25, 0.3) is 0 Å². The normalized spacial score (nSPS) is 11.9.